The minimum absolute atomic E-state index is 0.0445. The van der Waals surface area contributed by atoms with Crippen LogP contribution >= 0.6 is 0 Å². The van der Waals surface area contributed by atoms with Gasteiger partial charge in [-0.3, -0.25) is 9.69 Å². The lowest BCUT2D eigenvalue weighted by Gasteiger charge is -2.33. The normalized spacial score (nSPS) is 16.9. The second kappa shape index (κ2) is 9.73. The van der Waals surface area contributed by atoms with Crippen LogP contribution in [0.15, 0.2) is 53.4 Å². The van der Waals surface area contributed by atoms with Gasteiger partial charge in [0.1, 0.15) is 0 Å². The van der Waals surface area contributed by atoms with Gasteiger partial charge in [-0.05, 0) is 43.5 Å². The van der Waals surface area contributed by atoms with E-state index in [0.717, 1.165) is 17.5 Å². The number of piperazine rings is 1. The lowest BCUT2D eigenvalue weighted by molar-refractivity contribution is -0.123. The third-order valence-electron chi connectivity index (χ3n) is 5.62. The summed E-state index contributed by atoms with van der Waals surface area (Å²) in [6, 6.07) is 15.1. The molecule has 2 aromatic rings. The van der Waals surface area contributed by atoms with Gasteiger partial charge < -0.3 is 5.32 Å². The van der Waals surface area contributed by atoms with Crippen molar-refractivity contribution in [1.29, 1.82) is 0 Å². The molecule has 1 N–H and O–H groups in total. The summed E-state index contributed by atoms with van der Waals surface area (Å²) in [7, 11) is -3.49. The Morgan fingerprint density at radius 2 is 1.60 bits per heavy atom. The van der Waals surface area contributed by atoms with Gasteiger partial charge in [0.15, 0.2) is 0 Å². The van der Waals surface area contributed by atoms with E-state index in [9.17, 15) is 13.2 Å². The van der Waals surface area contributed by atoms with Gasteiger partial charge in [-0.2, -0.15) is 4.31 Å². The maximum Gasteiger partial charge on any atom is 0.243 e. The summed E-state index contributed by atoms with van der Waals surface area (Å²) in [6.07, 6.45) is 0.993. The van der Waals surface area contributed by atoms with E-state index in [-0.39, 0.29) is 18.5 Å². The van der Waals surface area contributed by atoms with Crippen LogP contribution in [-0.4, -0.2) is 56.3 Å². The zero-order valence-electron chi connectivity index (χ0n) is 18.0. The Morgan fingerprint density at radius 3 is 2.17 bits per heavy atom. The minimum Gasteiger partial charge on any atom is -0.348 e. The molecule has 1 saturated heterocycles. The molecule has 1 heterocycles. The van der Waals surface area contributed by atoms with E-state index in [2.05, 4.69) is 36.5 Å². The molecule has 162 valence electrons. The molecule has 0 aliphatic carbocycles. The molecule has 0 saturated carbocycles. The second-order valence-corrected chi connectivity index (χ2v) is 9.82. The lowest BCUT2D eigenvalue weighted by atomic mass is 10.1. The third-order valence-corrected chi connectivity index (χ3v) is 7.54. The highest BCUT2D eigenvalue weighted by atomic mass is 32.2. The number of nitrogens with one attached hydrogen (secondary N) is 1. The summed E-state index contributed by atoms with van der Waals surface area (Å²) in [6.45, 7) is 8.15. The van der Waals surface area contributed by atoms with E-state index in [1.807, 2.05) is 30.9 Å². The van der Waals surface area contributed by atoms with Crippen LogP contribution in [0.4, 0.5) is 0 Å². The molecule has 1 aliphatic heterocycles. The minimum atomic E-state index is -3.49. The molecule has 3 rings (SSSR count). The highest BCUT2D eigenvalue weighted by molar-refractivity contribution is 7.89. The largest absolute Gasteiger partial charge is 0.348 e. The zero-order valence-corrected chi connectivity index (χ0v) is 18.8. The fourth-order valence-corrected chi connectivity index (χ4v) is 5.03. The van der Waals surface area contributed by atoms with Crippen molar-refractivity contribution in [2.45, 2.75) is 38.1 Å². The van der Waals surface area contributed by atoms with E-state index in [1.54, 1.807) is 12.1 Å². The van der Waals surface area contributed by atoms with Crippen molar-refractivity contribution in [1.82, 2.24) is 14.5 Å². The second-order valence-electron chi connectivity index (χ2n) is 7.88. The summed E-state index contributed by atoms with van der Waals surface area (Å²) in [4.78, 5) is 14.8. The predicted octanol–water partition coefficient (Wildman–Crippen LogP) is 2.74. The number of amides is 1. The van der Waals surface area contributed by atoms with E-state index in [1.165, 1.54) is 9.87 Å². The van der Waals surface area contributed by atoms with Gasteiger partial charge in [0.2, 0.25) is 15.9 Å². The molecule has 6 nitrogen and oxygen atoms in total. The van der Waals surface area contributed by atoms with Crippen LogP contribution in [0.25, 0.3) is 0 Å². The summed E-state index contributed by atoms with van der Waals surface area (Å²) in [5, 5.41) is 3.04. The third kappa shape index (κ3) is 5.47. The first-order valence-electron chi connectivity index (χ1n) is 10.5. The van der Waals surface area contributed by atoms with Crippen molar-refractivity contribution in [2.24, 2.45) is 0 Å². The van der Waals surface area contributed by atoms with Crippen LogP contribution in [0.5, 0.6) is 0 Å². The average Bonchev–Trinajstić information content (AvgIpc) is 2.74. The molecule has 1 fully saturated rings. The highest BCUT2D eigenvalue weighted by Gasteiger charge is 2.29. The molecular formula is C23H31N3O3S. The molecule has 0 aromatic heterocycles. The van der Waals surface area contributed by atoms with Crippen LogP contribution in [-0.2, 0) is 21.2 Å². The monoisotopic (exact) mass is 429 g/mol. The van der Waals surface area contributed by atoms with Gasteiger partial charge >= 0.3 is 0 Å². The van der Waals surface area contributed by atoms with Crippen molar-refractivity contribution in [3.8, 4) is 0 Å². The van der Waals surface area contributed by atoms with Crippen molar-refractivity contribution in [3.05, 3.63) is 65.2 Å². The van der Waals surface area contributed by atoms with Crippen molar-refractivity contribution >= 4 is 15.9 Å². The molecule has 0 bridgehead atoms. The average molecular weight is 430 g/mol. The fourth-order valence-electron chi connectivity index (χ4n) is 3.60. The number of carbonyl (C=O) groups excluding carboxylic acids is 1. The summed E-state index contributed by atoms with van der Waals surface area (Å²) in [5.74, 6) is -0.0445. The molecule has 1 unspecified atom stereocenters. The molecule has 2 aromatic carbocycles. The van der Waals surface area contributed by atoms with Crippen molar-refractivity contribution in [3.63, 3.8) is 0 Å². The van der Waals surface area contributed by atoms with Crippen LogP contribution in [0.2, 0.25) is 0 Å². The summed E-state index contributed by atoms with van der Waals surface area (Å²) >= 11 is 0. The highest BCUT2D eigenvalue weighted by Crippen LogP contribution is 2.18. The Kier molecular flexibility index (Phi) is 7.28. The van der Waals surface area contributed by atoms with Gasteiger partial charge in [-0.25, -0.2) is 8.42 Å². The summed E-state index contributed by atoms with van der Waals surface area (Å²) < 4.78 is 27.1. The topological polar surface area (TPSA) is 69.7 Å². The predicted molar refractivity (Wildman–Crippen MR) is 119 cm³/mol. The first kappa shape index (κ1) is 22.5. The van der Waals surface area contributed by atoms with Gasteiger partial charge in [-0.15, -0.1) is 0 Å². The number of sulfonamides is 1. The van der Waals surface area contributed by atoms with Crippen LogP contribution in [0.1, 0.15) is 36.6 Å². The number of benzene rings is 2. The number of hydrogen-bond acceptors (Lipinski definition) is 4. The number of nitrogens with zero attached hydrogens (tertiary/aromatic N) is 2. The molecule has 7 heteroatoms. The van der Waals surface area contributed by atoms with Crippen molar-refractivity contribution in [2.75, 3.05) is 32.7 Å². The fraction of sp³-hybridized carbons (Fsp3) is 0.435. The SMILES string of the molecule is CCc1ccc(C(C)NC(=O)CN2CCN(S(=O)(=O)c3ccc(C)cc3)CC2)cc1. The standard InChI is InChI=1S/C23H31N3O3S/c1-4-20-7-9-21(10-8-20)19(3)24-23(27)17-25-13-15-26(16-14-25)30(28,29)22-11-5-18(2)6-12-22/h5-12,19H,4,13-17H2,1-3H3,(H,24,27). The van der Waals surface area contributed by atoms with E-state index < -0.39 is 10.0 Å². The molecule has 1 atom stereocenters. The zero-order chi connectivity index (χ0) is 21.7. The number of carbonyl (C=O) groups is 1. The Morgan fingerprint density at radius 1 is 1.00 bits per heavy atom. The van der Waals surface area contributed by atoms with Crippen LogP contribution in [0, 0.1) is 6.92 Å². The molecule has 1 amide bonds. The number of rotatable bonds is 7. The molecule has 0 spiro atoms. The van der Waals surface area contributed by atoms with Crippen LogP contribution in [0.3, 0.4) is 0 Å². The molecule has 1 aliphatic rings. The Bertz CT molecular complexity index is 948. The van der Waals surface area contributed by atoms with E-state index in [0.29, 0.717) is 31.1 Å². The van der Waals surface area contributed by atoms with Gasteiger partial charge in [0.05, 0.1) is 17.5 Å². The Labute approximate surface area is 179 Å². The van der Waals surface area contributed by atoms with Gasteiger partial charge in [0.25, 0.3) is 0 Å². The quantitative estimate of drug-likeness (QED) is 0.735. The maximum atomic E-state index is 12.8. The van der Waals surface area contributed by atoms with E-state index in [4.69, 9.17) is 0 Å². The van der Waals surface area contributed by atoms with Crippen LogP contribution < -0.4 is 5.32 Å². The van der Waals surface area contributed by atoms with E-state index >= 15 is 0 Å². The number of aryl methyl sites for hydroxylation is 2. The Hall–Kier alpha value is -2.22. The maximum absolute atomic E-state index is 12.8. The summed E-state index contributed by atoms with van der Waals surface area (Å²) in [5.41, 5.74) is 3.38. The Balaban J connectivity index is 1.50. The molecule has 0 radical (unpaired) electrons. The number of hydrogen-bond donors (Lipinski definition) is 1. The molecule has 30 heavy (non-hydrogen) atoms. The van der Waals surface area contributed by atoms with Gasteiger partial charge in [-0.1, -0.05) is 48.9 Å². The van der Waals surface area contributed by atoms with Gasteiger partial charge in [0, 0.05) is 26.2 Å². The first-order valence-corrected chi connectivity index (χ1v) is 11.9. The molecular weight excluding hydrogens is 398 g/mol. The first-order chi connectivity index (χ1) is 14.3. The lowest BCUT2D eigenvalue weighted by Crippen LogP contribution is -2.51. The van der Waals surface area contributed by atoms with Crippen molar-refractivity contribution < 1.29 is 13.2 Å². The smallest absolute Gasteiger partial charge is 0.243 e.